The summed E-state index contributed by atoms with van der Waals surface area (Å²) >= 11 is 0. The van der Waals surface area contributed by atoms with Crippen molar-refractivity contribution in [2.45, 2.75) is 46.0 Å². The van der Waals surface area contributed by atoms with Gasteiger partial charge in [-0.1, -0.05) is 55.0 Å². The molecule has 2 aromatic carbocycles. The number of amides is 1. The summed E-state index contributed by atoms with van der Waals surface area (Å²) in [6.45, 7) is 5.93. The minimum Gasteiger partial charge on any atom is -0.326 e. The number of nitriles is 1. The molecule has 0 aliphatic heterocycles. The molecule has 0 aromatic heterocycles. The van der Waals surface area contributed by atoms with Crippen molar-refractivity contribution in [1.29, 1.82) is 5.26 Å². The Morgan fingerprint density at radius 1 is 1.08 bits per heavy atom. The van der Waals surface area contributed by atoms with Gasteiger partial charge in [0.2, 0.25) is 5.91 Å². The van der Waals surface area contributed by atoms with E-state index in [1.54, 1.807) is 12.1 Å². The largest absolute Gasteiger partial charge is 0.326 e. The first kappa shape index (κ1) is 19.4. The van der Waals surface area contributed by atoms with E-state index in [4.69, 9.17) is 0 Å². The third-order valence-corrected chi connectivity index (χ3v) is 4.46. The zero-order chi connectivity index (χ0) is 19.1. The lowest BCUT2D eigenvalue weighted by atomic mass is 9.93. The summed E-state index contributed by atoms with van der Waals surface area (Å²) in [4.78, 5) is 24.7. The molecule has 2 rings (SSSR count). The number of nitrogens with one attached hydrogen (secondary N) is 1. The van der Waals surface area contributed by atoms with Gasteiger partial charge < -0.3 is 5.32 Å². The topological polar surface area (TPSA) is 70.0 Å². The monoisotopic (exact) mass is 348 g/mol. The van der Waals surface area contributed by atoms with Gasteiger partial charge in [0.1, 0.15) is 5.92 Å². The van der Waals surface area contributed by atoms with Gasteiger partial charge in [0.15, 0.2) is 5.78 Å². The molecule has 0 saturated heterocycles. The average Bonchev–Trinajstić information content (AvgIpc) is 2.63. The van der Waals surface area contributed by atoms with Crippen LogP contribution in [0.15, 0.2) is 42.5 Å². The number of hydrogen-bond donors (Lipinski definition) is 1. The SMILES string of the molecule is CCc1cccc(C)c1NC(=O)CCC(=O)C(C#N)c1ccc(C)cc1. The van der Waals surface area contributed by atoms with Crippen molar-refractivity contribution in [3.8, 4) is 6.07 Å². The lowest BCUT2D eigenvalue weighted by Gasteiger charge is -2.13. The molecule has 134 valence electrons. The van der Waals surface area contributed by atoms with Crippen LogP contribution in [0.5, 0.6) is 0 Å². The highest BCUT2D eigenvalue weighted by molar-refractivity contribution is 5.96. The maximum atomic E-state index is 12.4. The van der Waals surface area contributed by atoms with E-state index in [-0.39, 0.29) is 24.5 Å². The van der Waals surface area contributed by atoms with Crippen molar-refractivity contribution in [2.75, 3.05) is 5.32 Å². The van der Waals surface area contributed by atoms with E-state index in [1.807, 2.05) is 51.1 Å². The predicted molar refractivity (Wildman–Crippen MR) is 103 cm³/mol. The minimum atomic E-state index is -0.826. The molecule has 0 aliphatic carbocycles. The van der Waals surface area contributed by atoms with Gasteiger partial charge in [0, 0.05) is 18.5 Å². The first-order valence-corrected chi connectivity index (χ1v) is 8.83. The molecule has 0 heterocycles. The fraction of sp³-hybridized carbons (Fsp3) is 0.318. The highest BCUT2D eigenvalue weighted by atomic mass is 16.2. The summed E-state index contributed by atoms with van der Waals surface area (Å²) in [5.41, 5.74) is 4.64. The Morgan fingerprint density at radius 2 is 1.77 bits per heavy atom. The Morgan fingerprint density at radius 3 is 2.38 bits per heavy atom. The summed E-state index contributed by atoms with van der Waals surface area (Å²) < 4.78 is 0. The second kappa shape index (κ2) is 8.96. The maximum Gasteiger partial charge on any atom is 0.224 e. The standard InChI is InChI=1S/C22H24N2O2/c1-4-17-7-5-6-16(3)22(17)24-21(26)13-12-20(25)19(14-23)18-10-8-15(2)9-11-18/h5-11,19H,4,12-13H2,1-3H3,(H,24,26). The lowest BCUT2D eigenvalue weighted by molar-refractivity contribution is -0.123. The summed E-state index contributed by atoms with van der Waals surface area (Å²) in [5.74, 6) is -1.26. The Hall–Kier alpha value is -2.93. The van der Waals surface area contributed by atoms with Crippen LogP contribution in [0.1, 0.15) is 47.9 Å². The summed E-state index contributed by atoms with van der Waals surface area (Å²) in [6, 6.07) is 15.3. The van der Waals surface area contributed by atoms with E-state index in [1.165, 1.54) is 0 Å². The van der Waals surface area contributed by atoms with Crippen molar-refractivity contribution in [2.24, 2.45) is 0 Å². The van der Waals surface area contributed by atoms with Gasteiger partial charge in [0.25, 0.3) is 0 Å². The number of hydrogen-bond acceptors (Lipinski definition) is 3. The van der Waals surface area contributed by atoms with Crippen LogP contribution in [-0.2, 0) is 16.0 Å². The van der Waals surface area contributed by atoms with Gasteiger partial charge in [-0.15, -0.1) is 0 Å². The van der Waals surface area contributed by atoms with Crippen molar-refractivity contribution in [1.82, 2.24) is 0 Å². The molecule has 0 saturated carbocycles. The Balaban J connectivity index is 1.99. The first-order valence-electron chi connectivity index (χ1n) is 8.83. The quantitative estimate of drug-likeness (QED) is 0.803. The van der Waals surface area contributed by atoms with Crippen LogP contribution in [0, 0.1) is 25.2 Å². The van der Waals surface area contributed by atoms with Gasteiger partial charge in [-0.3, -0.25) is 9.59 Å². The molecular formula is C22H24N2O2. The van der Waals surface area contributed by atoms with E-state index < -0.39 is 5.92 Å². The Labute approximate surface area is 154 Å². The van der Waals surface area contributed by atoms with E-state index in [0.717, 1.165) is 28.8 Å². The van der Waals surface area contributed by atoms with Crippen LogP contribution in [0.4, 0.5) is 5.69 Å². The highest BCUT2D eigenvalue weighted by Crippen LogP contribution is 2.22. The van der Waals surface area contributed by atoms with E-state index in [2.05, 4.69) is 11.4 Å². The molecule has 0 fully saturated rings. The lowest BCUT2D eigenvalue weighted by Crippen LogP contribution is -2.18. The highest BCUT2D eigenvalue weighted by Gasteiger charge is 2.21. The summed E-state index contributed by atoms with van der Waals surface area (Å²) in [5, 5.41) is 12.3. The molecule has 1 N–H and O–H groups in total. The zero-order valence-corrected chi connectivity index (χ0v) is 15.5. The predicted octanol–water partition coefficient (Wildman–Crippen LogP) is 4.46. The molecule has 1 unspecified atom stereocenters. The number of benzene rings is 2. The number of rotatable bonds is 7. The molecule has 0 aliphatic rings. The van der Waals surface area contributed by atoms with Crippen molar-refractivity contribution in [3.05, 3.63) is 64.7 Å². The number of Topliss-reactive ketones (excluding diaryl/α,β-unsaturated/α-hetero) is 1. The number of ketones is 1. The molecule has 2 aromatic rings. The van der Waals surface area contributed by atoms with E-state index in [9.17, 15) is 14.9 Å². The summed E-state index contributed by atoms with van der Waals surface area (Å²) in [6.07, 6.45) is 0.936. The number of aryl methyl sites for hydroxylation is 3. The van der Waals surface area contributed by atoms with Gasteiger partial charge >= 0.3 is 0 Å². The van der Waals surface area contributed by atoms with Gasteiger partial charge in [0.05, 0.1) is 6.07 Å². The second-order valence-electron chi connectivity index (χ2n) is 6.45. The second-order valence-corrected chi connectivity index (χ2v) is 6.45. The molecule has 0 radical (unpaired) electrons. The summed E-state index contributed by atoms with van der Waals surface area (Å²) in [7, 11) is 0. The number of anilines is 1. The molecule has 26 heavy (non-hydrogen) atoms. The molecule has 0 bridgehead atoms. The van der Waals surface area contributed by atoms with E-state index >= 15 is 0 Å². The fourth-order valence-electron chi connectivity index (χ4n) is 2.88. The third-order valence-electron chi connectivity index (χ3n) is 4.46. The maximum absolute atomic E-state index is 12.4. The smallest absolute Gasteiger partial charge is 0.224 e. The average molecular weight is 348 g/mol. The van der Waals surface area contributed by atoms with Crippen LogP contribution in [0.25, 0.3) is 0 Å². The molecule has 4 heteroatoms. The molecule has 1 atom stereocenters. The molecule has 4 nitrogen and oxygen atoms in total. The van der Waals surface area contributed by atoms with Gasteiger partial charge in [-0.05, 0) is 37.0 Å². The minimum absolute atomic E-state index is 0.0469. The van der Waals surface area contributed by atoms with Gasteiger partial charge in [-0.2, -0.15) is 5.26 Å². The van der Waals surface area contributed by atoms with E-state index in [0.29, 0.717) is 5.56 Å². The van der Waals surface area contributed by atoms with Crippen LogP contribution in [0.3, 0.4) is 0 Å². The third kappa shape index (κ3) is 4.80. The Bertz CT molecular complexity index is 832. The van der Waals surface area contributed by atoms with Gasteiger partial charge in [-0.25, -0.2) is 0 Å². The first-order chi connectivity index (χ1) is 12.5. The number of carbonyl (C=O) groups is 2. The number of para-hydroxylation sites is 1. The molecular weight excluding hydrogens is 324 g/mol. The van der Waals surface area contributed by atoms with Crippen LogP contribution >= 0.6 is 0 Å². The van der Waals surface area contributed by atoms with Crippen LogP contribution < -0.4 is 5.32 Å². The molecule has 1 amide bonds. The van der Waals surface area contributed by atoms with Crippen molar-refractivity contribution < 1.29 is 9.59 Å². The van der Waals surface area contributed by atoms with Crippen LogP contribution in [0.2, 0.25) is 0 Å². The van der Waals surface area contributed by atoms with Crippen molar-refractivity contribution >= 4 is 17.4 Å². The van der Waals surface area contributed by atoms with Crippen molar-refractivity contribution in [3.63, 3.8) is 0 Å². The molecule has 0 spiro atoms. The number of nitrogens with zero attached hydrogens (tertiary/aromatic N) is 1. The normalized spacial score (nSPS) is 11.5. The Kier molecular flexibility index (Phi) is 6.68. The number of carbonyl (C=O) groups excluding carboxylic acids is 2. The zero-order valence-electron chi connectivity index (χ0n) is 15.5. The fourth-order valence-corrected chi connectivity index (χ4v) is 2.88. The van der Waals surface area contributed by atoms with Crippen LogP contribution in [-0.4, -0.2) is 11.7 Å².